The zero-order chi connectivity index (χ0) is 19.2. The molecule has 1 amide bonds. The van der Waals surface area contributed by atoms with E-state index in [4.69, 9.17) is 9.15 Å². The highest BCUT2D eigenvalue weighted by atomic mass is 32.2. The molecular weight excluding hydrogens is 396 g/mol. The lowest BCUT2D eigenvalue weighted by molar-refractivity contribution is -0.127. The summed E-state index contributed by atoms with van der Waals surface area (Å²) in [6.07, 6.45) is 8.13. The molecule has 2 aromatic rings. The quantitative estimate of drug-likeness (QED) is 0.634. The van der Waals surface area contributed by atoms with Crippen molar-refractivity contribution in [3.8, 4) is 0 Å². The van der Waals surface area contributed by atoms with Crippen LogP contribution in [-0.4, -0.2) is 53.1 Å². The van der Waals surface area contributed by atoms with E-state index in [1.165, 1.54) is 18.2 Å². The van der Waals surface area contributed by atoms with Gasteiger partial charge in [0.2, 0.25) is 11.0 Å². The van der Waals surface area contributed by atoms with Crippen molar-refractivity contribution < 1.29 is 13.9 Å². The zero-order valence-corrected chi connectivity index (χ0v) is 17.3. The monoisotopic (exact) mass is 420 g/mol. The number of carbonyl (C=O) groups is 1. The molecular formula is C19H24N4O3S2. The lowest BCUT2D eigenvalue weighted by Gasteiger charge is -2.27. The largest absolute Gasteiger partial charge is 0.467 e. The first-order valence-corrected chi connectivity index (χ1v) is 11.4. The van der Waals surface area contributed by atoms with Crippen LogP contribution in [-0.2, 0) is 16.1 Å². The summed E-state index contributed by atoms with van der Waals surface area (Å²) in [5, 5.41) is 9.44. The normalized spacial score (nSPS) is 17.4. The van der Waals surface area contributed by atoms with Crippen molar-refractivity contribution in [2.45, 2.75) is 36.6 Å². The van der Waals surface area contributed by atoms with E-state index in [-0.39, 0.29) is 5.91 Å². The molecule has 0 unspecified atom stereocenters. The molecule has 1 aliphatic carbocycles. The Balaban J connectivity index is 1.38. The van der Waals surface area contributed by atoms with Gasteiger partial charge < -0.3 is 19.0 Å². The Kier molecular flexibility index (Phi) is 6.66. The summed E-state index contributed by atoms with van der Waals surface area (Å²) in [6.45, 7) is 3.59. The summed E-state index contributed by atoms with van der Waals surface area (Å²) in [6, 6.07) is 3.77. The number of rotatable bonds is 7. The summed E-state index contributed by atoms with van der Waals surface area (Å²) >= 11 is 3.00. The Hall–Kier alpha value is -1.84. The smallest absolute Gasteiger partial charge is 0.237 e. The van der Waals surface area contributed by atoms with Gasteiger partial charge in [-0.25, -0.2) is 0 Å². The fourth-order valence-electron chi connectivity index (χ4n) is 3.32. The molecule has 3 heterocycles. The first kappa shape index (κ1) is 19.5. The number of thioether (sulfide) groups is 1. The van der Waals surface area contributed by atoms with Crippen LogP contribution in [0.4, 0.5) is 5.13 Å². The van der Waals surface area contributed by atoms with Crippen LogP contribution in [0, 0.1) is 0 Å². The lowest BCUT2D eigenvalue weighted by atomic mass is 10.0. The van der Waals surface area contributed by atoms with Gasteiger partial charge >= 0.3 is 0 Å². The van der Waals surface area contributed by atoms with Crippen molar-refractivity contribution in [3.63, 3.8) is 0 Å². The first-order chi connectivity index (χ1) is 13.8. The van der Waals surface area contributed by atoms with Gasteiger partial charge in [0.25, 0.3) is 0 Å². The summed E-state index contributed by atoms with van der Waals surface area (Å²) in [5.74, 6) is 1.23. The molecule has 0 atom stereocenters. The molecule has 0 bridgehead atoms. The number of ether oxygens (including phenoxy) is 1. The number of nitrogens with zero attached hydrogens (tertiary/aromatic N) is 4. The highest BCUT2D eigenvalue weighted by Gasteiger charge is 2.22. The maximum absolute atomic E-state index is 13.0. The highest BCUT2D eigenvalue weighted by molar-refractivity contribution is 8.01. The molecule has 1 saturated heterocycles. The fraction of sp³-hybridized carbons (Fsp3) is 0.526. The predicted octanol–water partition coefficient (Wildman–Crippen LogP) is 3.55. The molecule has 9 heteroatoms. The first-order valence-electron chi connectivity index (χ1n) is 9.60. The molecule has 0 aromatic carbocycles. The van der Waals surface area contributed by atoms with Crippen LogP contribution in [0.25, 0.3) is 0 Å². The van der Waals surface area contributed by atoms with E-state index < -0.39 is 0 Å². The number of amides is 1. The number of carbonyl (C=O) groups excluding carboxylic acids is 1. The van der Waals surface area contributed by atoms with Gasteiger partial charge in [-0.05, 0) is 37.8 Å². The van der Waals surface area contributed by atoms with Gasteiger partial charge in [0.1, 0.15) is 5.76 Å². The van der Waals surface area contributed by atoms with E-state index in [1.54, 1.807) is 17.6 Å². The van der Waals surface area contributed by atoms with E-state index in [9.17, 15) is 4.79 Å². The van der Waals surface area contributed by atoms with Gasteiger partial charge in [-0.15, -0.1) is 10.2 Å². The number of allylic oxidation sites excluding steroid dienone is 2. The molecule has 1 aliphatic heterocycles. The lowest BCUT2D eigenvalue weighted by Crippen LogP contribution is -2.36. The number of hydrogen-bond donors (Lipinski definition) is 0. The standard InChI is InChI=1S/C19H24N4O3S2/c24-17(14-27-19-21-20-18(28-19)22-8-11-25-12-9-22)23(13-16-7-4-10-26-16)15-5-2-1-3-6-15/h4-5,7,10H,1-3,6,8-9,11-14H2. The van der Waals surface area contributed by atoms with E-state index >= 15 is 0 Å². The second-order valence-electron chi connectivity index (χ2n) is 6.74. The van der Waals surface area contributed by atoms with Crippen molar-refractivity contribution in [2.75, 3.05) is 37.0 Å². The van der Waals surface area contributed by atoms with E-state index in [0.29, 0.717) is 12.3 Å². The second-order valence-corrected chi connectivity index (χ2v) is 8.92. The molecule has 150 valence electrons. The number of morpholine rings is 1. The third-order valence-corrected chi connectivity index (χ3v) is 6.91. The minimum absolute atomic E-state index is 0.0812. The maximum Gasteiger partial charge on any atom is 0.237 e. The molecule has 0 spiro atoms. The van der Waals surface area contributed by atoms with Gasteiger partial charge in [0, 0.05) is 18.8 Å². The molecule has 0 N–H and O–H groups in total. The summed E-state index contributed by atoms with van der Waals surface area (Å²) in [7, 11) is 0. The molecule has 0 radical (unpaired) electrons. The zero-order valence-electron chi connectivity index (χ0n) is 15.7. The van der Waals surface area contributed by atoms with Crippen molar-refractivity contribution >= 4 is 34.1 Å². The van der Waals surface area contributed by atoms with Gasteiger partial charge in [0.15, 0.2) is 4.34 Å². The molecule has 4 rings (SSSR count). The van der Waals surface area contributed by atoms with Crippen molar-refractivity contribution in [1.82, 2.24) is 15.1 Å². The average molecular weight is 421 g/mol. The Bertz CT molecular complexity index is 800. The average Bonchev–Trinajstić information content (AvgIpc) is 3.44. The number of furan rings is 1. The summed E-state index contributed by atoms with van der Waals surface area (Å²) in [5.41, 5.74) is 1.11. The van der Waals surface area contributed by atoms with Gasteiger partial charge in [-0.2, -0.15) is 0 Å². The van der Waals surface area contributed by atoms with Crippen LogP contribution < -0.4 is 4.90 Å². The van der Waals surface area contributed by atoms with Gasteiger partial charge in [0.05, 0.1) is 31.8 Å². The number of hydrogen-bond acceptors (Lipinski definition) is 8. The van der Waals surface area contributed by atoms with Crippen LogP contribution in [0.2, 0.25) is 0 Å². The predicted molar refractivity (Wildman–Crippen MR) is 109 cm³/mol. The fourth-order valence-corrected chi connectivity index (χ4v) is 5.09. The molecule has 2 aromatic heterocycles. The van der Waals surface area contributed by atoms with Crippen molar-refractivity contribution in [3.05, 3.63) is 35.9 Å². The number of anilines is 1. The number of aromatic nitrogens is 2. The SMILES string of the molecule is O=C(CSc1nnc(N2CCOCC2)s1)N(Cc1ccco1)C1=CCCCC1. The minimum Gasteiger partial charge on any atom is -0.467 e. The Morgan fingerprint density at radius 1 is 1.29 bits per heavy atom. The highest BCUT2D eigenvalue weighted by Crippen LogP contribution is 2.30. The van der Waals surface area contributed by atoms with Crippen molar-refractivity contribution in [2.24, 2.45) is 0 Å². The minimum atomic E-state index is 0.0812. The molecule has 7 nitrogen and oxygen atoms in total. The second kappa shape index (κ2) is 9.58. The Morgan fingerprint density at radius 2 is 2.18 bits per heavy atom. The van der Waals surface area contributed by atoms with Crippen LogP contribution in [0.5, 0.6) is 0 Å². The summed E-state index contributed by atoms with van der Waals surface area (Å²) < 4.78 is 11.7. The van der Waals surface area contributed by atoms with Crippen LogP contribution >= 0.6 is 23.1 Å². The third-order valence-electron chi connectivity index (χ3n) is 4.81. The van der Waals surface area contributed by atoms with E-state index in [1.807, 2.05) is 17.0 Å². The van der Waals surface area contributed by atoms with Crippen LogP contribution in [0.15, 0.2) is 38.9 Å². The Morgan fingerprint density at radius 3 is 2.93 bits per heavy atom. The van der Waals surface area contributed by atoms with E-state index in [0.717, 1.165) is 66.5 Å². The van der Waals surface area contributed by atoms with Gasteiger partial charge in [-0.3, -0.25) is 4.79 Å². The summed E-state index contributed by atoms with van der Waals surface area (Å²) in [4.78, 5) is 17.1. The third kappa shape index (κ3) is 4.95. The van der Waals surface area contributed by atoms with Gasteiger partial charge in [-0.1, -0.05) is 29.2 Å². The van der Waals surface area contributed by atoms with Crippen molar-refractivity contribution in [1.29, 1.82) is 0 Å². The Labute approximate surface area is 172 Å². The molecule has 0 saturated carbocycles. The molecule has 1 fully saturated rings. The van der Waals surface area contributed by atoms with Crippen LogP contribution in [0.1, 0.15) is 31.4 Å². The molecule has 2 aliphatic rings. The topological polar surface area (TPSA) is 71.7 Å². The maximum atomic E-state index is 13.0. The molecule has 28 heavy (non-hydrogen) atoms. The van der Waals surface area contributed by atoms with Crippen LogP contribution in [0.3, 0.4) is 0 Å². The van der Waals surface area contributed by atoms with E-state index in [2.05, 4.69) is 21.2 Å².